The van der Waals surface area contributed by atoms with E-state index in [0.717, 1.165) is 22.9 Å². The lowest BCUT2D eigenvalue weighted by Gasteiger charge is -2.09. The zero-order valence-corrected chi connectivity index (χ0v) is 12.6. The van der Waals surface area contributed by atoms with Crippen LogP contribution in [0.3, 0.4) is 0 Å². The number of hydrogen-bond donors (Lipinski definition) is 1. The van der Waals surface area contributed by atoms with Crippen LogP contribution < -0.4 is 5.32 Å². The Morgan fingerprint density at radius 2 is 2.13 bits per heavy atom. The number of benzene rings is 1. The number of amides is 1. The van der Waals surface area contributed by atoms with Crippen molar-refractivity contribution in [3.63, 3.8) is 0 Å². The summed E-state index contributed by atoms with van der Waals surface area (Å²) in [6, 6.07) is 4.07. The first-order valence-electron chi connectivity index (χ1n) is 5.88. The molecule has 0 saturated heterocycles. The quantitative estimate of drug-likeness (QED) is 0.635. The summed E-state index contributed by atoms with van der Waals surface area (Å²) in [6.07, 6.45) is -4.53. The van der Waals surface area contributed by atoms with Crippen molar-refractivity contribution in [2.75, 3.05) is 5.32 Å². The van der Waals surface area contributed by atoms with E-state index in [9.17, 15) is 28.1 Å². The molecule has 0 aliphatic heterocycles. The maximum absolute atomic E-state index is 12.6. The molecule has 12 heteroatoms. The van der Waals surface area contributed by atoms with Crippen LogP contribution in [0.15, 0.2) is 29.0 Å². The Balaban J connectivity index is 2.10. The third-order valence-electron chi connectivity index (χ3n) is 2.55. The number of anilines is 1. The molecule has 23 heavy (non-hydrogen) atoms. The van der Waals surface area contributed by atoms with Crippen molar-refractivity contribution in [3.8, 4) is 0 Å². The van der Waals surface area contributed by atoms with Crippen molar-refractivity contribution in [2.45, 2.75) is 12.7 Å². The van der Waals surface area contributed by atoms with Gasteiger partial charge in [-0.1, -0.05) is 6.07 Å². The van der Waals surface area contributed by atoms with Crippen molar-refractivity contribution in [1.29, 1.82) is 0 Å². The van der Waals surface area contributed by atoms with E-state index in [-0.39, 0.29) is 10.4 Å². The number of carbonyl (C=O) groups is 1. The predicted octanol–water partition coefficient (Wildman–Crippen LogP) is 2.61. The second-order valence-corrected chi connectivity index (χ2v) is 4.93. The van der Waals surface area contributed by atoms with Gasteiger partial charge in [-0.25, -0.2) is 0 Å². The summed E-state index contributed by atoms with van der Waals surface area (Å²) in [4.78, 5) is 24.9. The first-order chi connectivity index (χ1) is 10.7. The summed E-state index contributed by atoms with van der Waals surface area (Å²) >= 11 is 2.89. The molecule has 1 heterocycles. The monoisotopic (exact) mass is 393 g/mol. The molecule has 2 aromatic rings. The van der Waals surface area contributed by atoms with Gasteiger partial charge in [0, 0.05) is 26.7 Å². The zero-order valence-electron chi connectivity index (χ0n) is 11.0. The number of nitrogens with one attached hydrogen (secondary N) is 1. The van der Waals surface area contributed by atoms with E-state index in [1.165, 1.54) is 6.07 Å². The highest BCUT2D eigenvalue weighted by atomic mass is 79.9. The SMILES string of the molecule is O=C(Cn1nc([N+](=O)[O-])nc1Br)Nc1cccc(C(F)(F)F)c1. The first-order valence-corrected chi connectivity index (χ1v) is 6.68. The molecule has 0 saturated carbocycles. The standard InChI is InChI=1S/C11H7BrF3N5O3/c12-9-17-10(20(22)23)18-19(9)5-8(21)16-7-3-1-2-6(4-7)11(13,14)15/h1-4H,5H2,(H,16,21). The zero-order chi connectivity index (χ0) is 17.2. The minimum atomic E-state index is -4.53. The van der Waals surface area contributed by atoms with Crippen LogP contribution in [0.5, 0.6) is 0 Å². The number of aromatic nitrogens is 3. The highest BCUT2D eigenvalue weighted by molar-refractivity contribution is 9.10. The van der Waals surface area contributed by atoms with Crippen LogP contribution in [0.25, 0.3) is 0 Å². The molecule has 0 radical (unpaired) electrons. The first kappa shape index (κ1) is 16.9. The third-order valence-corrected chi connectivity index (χ3v) is 3.13. The molecule has 1 aromatic heterocycles. The maximum Gasteiger partial charge on any atom is 0.492 e. The molecule has 122 valence electrons. The van der Waals surface area contributed by atoms with Gasteiger partial charge in [-0.05, 0) is 28.1 Å². The van der Waals surface area contributed by atoms with E-state index >= 15 is 0 Å². The van der Waals surface area contributed by atoms with Crippen LogP contribution in [0.2, 0.25) is 0 Å². The van der Waals surface area contributed by atoms with E-state index in [2.05, 4.69) is 31.3 Å². The van der Waals surface area contributed by atoms with Gasteiger partial charge in [-0.3, -0.25) is 4.79 Å². The Hall–Kier alpha value is -2.50. The molecule has 0 unspecified atom stereocenters. The average molecular weight is 394 g/mol. The molecular formula is C11H7BrF3N5O3. The predicted molar refractivity (Wildman–Crippen MR) is 74.5 cm³/mol. The van der Waals surface area contributed by atoms with Crippen molar-refractivity contribution in [3.05, 3.63) is 44.7 Å². The average Bonchev–Trinajstić information content (AvgIpc) is 2.79. The van der Waals surface area contributed by atoms with Gasteiger partial charge in [0.1, 0.15) is 6.54 Å². The number of nitro groups is 1. The van der Waals surface area contributed by atoms with E-state index < -0.39 is 35.1 Å². The fourth-order valence-corrected chi connectivity index (χ4v) is 1.96. The molecule has 0 atom stereocenters. The minimum absolute atomic E-state index is 0.0524. The van der Waals surface area contributed by atoms with Gasteiger partial charge in [0.15, 0.2) is 0 Å². The third kappa shape index (κ3) is 4.25. The lowest BCUT2D eigenvalue weighted by molar-refractivity contribution is -0.394. The Kier molecular flexibility index (Phi) is 4.63. The van der Waals surface area contributed by atoms with Crippen LogP contribution in [0.1, 0.15) is 5.56 Å². The summed E-state index contributed by atoms with van der Waals surface area (Å²) in [6.45, 7) is -0.461. The van der Waals surface area contributed by atoms with Crippen LogP contribution in [-0.2, 0) is 17.5 Å². The van der Waals surface area contributed by atoms with Gasteiger partial charge in [0.05, 0.1) is 5.56 Å². The number of alkyl halides is 3. The molecule has 8 nitrogen and oxygen atoms in total. The second-order valence-electron chi connectivity index (χ2n) is 4.22. The second kappa shape index (κ2) is 6.32. The molecule has 0 bridgehead atoms. The molecular weight excluding hydrogens is 387 g/mol. The number of hydrogen-bond acceptors (Lipinski definition) is 5. The molecule has 1 amide bonds. The molecule has 0 aliphatic carbocycles. The van der Waals surface area contributed by atoms with Crippen molar-refractivity contribution in [1.82, 2.24) is 14.8 Å². The minimum Gasteiger partial charge on any atom is -0.390 e. The summed E-state index contributed by atoms with van der Waals surface area (Å²) in [5, 5.41) is 16.2. The summed E-state index contributed by atoms with van der Waals surface area (Å²) in [5.41, 5.74) is -0.969. The summed E-state index contributed by atoms with van der Waals surface area (Å²) in [5.74, 6) is -1.42. The van der Waals surface area contributed by atoms with E-state index in [1.807, 2.05) is 0 Å². The maximum atomic E-state index is 12.6. The van der Waals surface area contributed by atoms with Gasteiger partial charge < -0.3 is 15.4 Å². The Labute approximate surface area is 134 Å². The number of rotatable bonds is 4. The lowest BCUT2D eigenvalue weighted by Crippen LogP contribution is -2.20. The van der Waals surface area contributed by atoms with Crippen LogP contribution >= 0.6 is 15.9 Å². The normalized spacial score (nSPS) is 11.3. The van der Waals surface area contributed by atoms with Crippen molar-refractivity contribution in [2.24, 2.45) is 0 Å². The number of nitrogens with zero attached hydrogens (tertiary/aromatic N) is 4. The lowest BCUT2D eigenvalue weighted by atomic mass is 10.2. The van der Waals surface area contributed by atoms with E-state index in [0.29, 0.717) is 0 Å². The Bertz CT molecular complexity index is 762. The van der Waals surface area contributed by atoms with Crippen molar-refractivity contribution < 1.29 is 22.9 Å². The largest absolute Gasteiger partial charge is 0.492 e. The Morgan fingerprint density at radius 1 is 1.43 bits per heavy atom. The highest BCUT2D eigenvalue weighted by Crippen LogP contribution is 2.30. The van der Waals surface area contributed by atoms with Gasteiger partial charge in [-0.2, -0.15) is 17.9 Å². The molecule has 0 spiro atoms. The van der Waals surface area contributed by atoms with Crippen molar-refractivity contribution >= 4 is 33.5 Å². The van der Waals surface area contributed by atoms with E-state index in [4.69, 9.17) is 0 Å². The number of carbonyl (C=O) groups excluding carboxylic acids is 1. The molecule has 2 rings (SSSR count). The molecule has 1 aromatic carbocycles. The van der Waals surface area contributed by atoms with Gasteiger partial charge in [0.25, 0.3) is 4.73 Å². The summed E-state index contributed by atoms with van der Waals surface area (Å²) in [7, 11) is 0. The smallest absolute Gasteiger partial charge is 0.390 e. The van der Waals surface area contributed by atoms with Crippen LogP contribution in [0.4, 0.5) is 24.8 Å². The van der Waals surface area contributed by atoms with Gasteiger partial charge >= 0.3 is 12.1 Å². The van der Waals surface area contributed by atoms with Gasteiger partial charge in [0.2, 0.25) is 5.91 Å². The van der Waals surface area contributed by atoms with E-state index in [1.54, 1.807) is 0 Å². The van der Waals surface area contributed by atoms with Crippen LogP contribution in [-0.4, -0.2) is 25.6 Å². The molecule has 1 N–H and O–H groups in total. The fraction of sp³-hybridized carbons (Fsp3) is 0.182. The Morgan fingerprint density at radius 3 is 2.70 bits per heavy atom. The summed E-state index contributed by atoms with van der Waals surface area (Å²) < 4.78 is 38.6. The molecule has 0 aliphatic rings. The number of halogens is 4. The highest BCUT2D eigenvalue weighted by Gasteiger charge is 2.30. The molecule has 0 fully saturated rings. The topological polar surface area (TPSA) is 103 Å². The fourth-order valence-electron chi connectivity index (χ4n) is 1.60. The van der Waals surface area contributed by atoms with Gasteiger partial charge in [-0.15, -0.1) is 0 Å². The van der Waals surface area contributed by atoms with Crippen LogP contribution in [0, 0.1) is 10.1 Å².